The fourth-order valence-electron chi connectivity index (χ4n) is 3.62. The highest BCUT2D eigenvalue weighted by atomic mass is 32.1. The maximum absolute atomic E-state index is 12.8. The highest BCUT2D eigenvalue weighted by molar-refractivity contribution is 7.10. The van der Waals surface area contributed by atoms with Gasteiger partial charge < -0.3 is 4.90 Å². The van der Waals surface area contributed by atoms with Crippen molar-refractivity contribution in [3.8, 4) is 0 Å². The summed E-state index contributed by atoms with van der Waals surface area (Å²) in [5.74, 6) is -0.911. The van der Waals surface area contributed by atoms with Crippen molar-refractivity contribution in [3.63, 3.8) is 0 Å². The van der Waals surface area contributed by atoms with Crippen LogP contribution < -0.4 is 0 Å². The van der Waals surface area contributed by atoms with Gasteiger partial charge in [-0.1, -0.05) is 17.7 Å². The summed E-state index contributed by atoms with van der Waals surface area (Å²) < 4.78 is 0. The molecule has 3 heterocycles. The summed E-state index contributed by atoms with van der Waals surface area (Å²) in [6.45, 7) is 2.36. The van der Waals surface area contributed by atoms with Crippen LogP contribution in [0.5, 0.6) is 0 Å². The molecule has 4 rings (SSSR count). The van der Waals surface area contributed by atoms with Gasteiger partial charge in [-0.15, -0.1) is 11.3 Å². The van der Waals surface area contributed by atoms with Gasteiger partial charge in [-0.25, -0.2) is 0 Å². The van der Waals surface area contributed by atoms with E-state index in [1.54, 1.807) is 28.4 Å². The predicted octanol–water partition coefficient (Wildman–Crippen LogP) is 3.02. The van der Waals surface area contributed by atoms with Crippen molar-refractivity contribution < 1.29 is 14.4 Å². The first-order chi connectivity index (χ1) is 12.1. The molecule has 0 N–H and O–H groups in total. The van der Waals surface area contributed by atoms with Gasteiger partial charge in [-0.05, 0) is 43.3 Å². The first kappa shape index (κ1) is 16.0. The molecule has 3 amide bonds. The van der Waals surface area contributed by atoms with Crippen LogP contribution in [0.2, 0.25) is 0 Å². The lowest BCUT2D eigenvalue weighted by Crippen LogP contribution is -2.42. The Hall–Kier alpha value is -2.47. The van der Waals surface area contributed by atoms with Crippen molar-refractivity contribution in [2.75, 3.05) is 13.1 Å². The molecule has 128 valence electrons. The third-order valence-corrected chi connectivity index (χ3v) is 5.84. The molecule has 2 aromatic rings. The minimum Gasteiger partial charge on any atom is -0.333 e. The van der Waals surface area contributed by atoms with E-state index in [0.29, 0.717) is 17.7 Å². The van der Waals surface area contributed by atoms with E-state index in [0.717, 1.165) is 28.2 Å². The number of benzene rings is 1. The van der Waals surface area contributed by atoms with Crippen LogP contribution in [-0.4, -0.2) is 40.6 Å². The molecule has 0 spiro atoms. The number of aryl methyl sites for hydroxylation is 1. The summed E-state index contributed by atoms with van der Waals surface area (Å²) >= 11 is 1.64. The van der Waals surface area contributed by atoms with E-state index in [-0.39, 0.29) is 30.3 Å². The Bertz CT molecular complexity index is 860. The highest BCUT2D eigenvalue weighted by Crippen LogP contribution is 2.35. The average molecular weight is 354 g/mol. The lowest BCUT2D eigenvalue weighted by Gasteiger charge is -2.25. The van der Waals surface area contributed by atoms with Crippen LogP contribution in [0.3, 0.4) is 0 Å². The number of rotatable bonds is 3. The molecule has 0 saturated carbocycles. The zero-order chi connectivity index (χ0) is 17.6. The number of hydrogen-bond donors (Lipinski definition) is 0. The van der Waals surface area contributed by atoms with E-state index in [1.807, 2.05) is 30.5 Å². The zero-order valence-corrected chi connectivity index (χ0v) is 14.7. The zero-order valence-electron chi connectivity index (χ0n) is 13.9. The monoisotopic (exact) mass is 354 g/mol. The number of hydrogen-bond acceptors (Lipinski definition) is 4. The number of fused-ring (bicyclic) bond motifs is 1. The standard InChI is InChI=1S/C19H18N2O3S/c1-12-6-7-13-14(10-12)19(24)21(18(13)23)11-17(22)20-8-2-4-15(20)16-5-3-9-25-16/h3,5-7,9-10,15H,2,4,8,11H2,1H3. The molecule has 2 aliphatic rings. The molecule has 0 radical (unpaired) electrons. The molecule has 6 heteroatoms. The molecule has 0 bridgehead atoms. The lowest BCUT2D eigenvalue weighted by molar-refractivity contribution is -0.132. The third kappa shape index (κ3) is 2.66. The number of thiophene rings is 1. The topological polar surface area (TPSA) is 57.7 Å². The summed E-state index contributed by atoms with van der Waals surface area (Å²) in [6.07, 6.45) is 1.86. The molecule has 1 aromatic carbocycles. The quantitative estimate of drug-likeness (QED) is 0.796. The van der Waals surface area contributed by atoms with Gasteiger partial charge in [0.15, 0.2) is 0 Å². The Labute approximate surface area is 149 Å². The third-order valence-electron chi connectivity index (χ3n) is 4.86. The first-order valence-electron chi connectivity index (χ1n) is 8.36. The van der Waals surface area contributed by atoms with Crippen LogP contribution in [0.15, 0.2) is 35.7 Å². The molecule has 1 fully saturated rings. The van der Waals surface area contributed by atoms with Crippen LogP contribution in [0.4, 0.5) is 0 Å². The first-order valence-corrected chi connectivity index (χ1v) is 9.24. The maximum atomic E-state index is 12.8. The van der Waals surface area contributed by atoms with E-state index < -0.39 is 0 Å². The fourth-order valence-corrected chi connectivity index (χ4v) is 4.49. The van der Waals surface area contributed by atoms with Gasteiger partial charge in [0.25, 0.3) is 11.8 Å². The summed E-state index contributed by atoms with van der Waals surface area (Å²) in [5, 5.41) is 2.00. The number of amides is 3. The number of likely N-dealkylation sites (tertiary alicyclic amines) is 1. The van der Waals surface area contributed by atoms with Crippen molar-refractivity contribution in [3.05, 3.63) is 57.3 Å². The van der Waals surface area contributed by atoms with Crippen molar-refractivity contribution in [1.82, 2.24) is 9.80 Å². The van der Waals surface area contributed by atoms with E-state index in [4.69, 9.17) is 0 Å². The number of carbonyl (C=O) groups excluding carboxylic acids is 3. The number of imide groups is 1. The second kappa shape index (κ2) is 6.11. The number of carbonyl (C=O) groups is 3. The second-order valence-electron chi connectivity index (χ2n) is 6.51. The molecule has 1 saturated heterocycles. The van der Waals surface area contributed by atoms with Crippen molar-refractivity contribution in [2.45, 2.75) is 25.8 Å². The predicted molar refractivity (Wildman–Crippen MR) is 94.6 cm³/mol. The molecular weight excluding hydrogens is 336 g/mol. The molecular formula is C19H18N2O3S. The average Bonchev–Trinajstić information content (AvgIpc) is 3.31. The van der Waals surface area contributed by atoms with Crippen LogP contribution in [-0.2, 0) is 4.79 Å². The van der Waals surface area contributed by atoms with Crippen molar-refractivity contribution in [1.29, 1.82) is 0 Å². The van der Waals surface area contributed by atoms with Gasteiger partial charge in [0.1, 0.15) is 6.54 Å². The summed E-state index contributed by atoms with van der Waals surface area (Å²) in [4.78, 5) is 41.9. The minimum absolute atomic E-state index is 0.0601. The van der Waals surface area contributed by atoms with Crippen LogP contribution in [0.1, 0.15) is 50.0 Å². The normalized spacial score (nSPS) is 19.6. The van der Waals surface area contributed by atoms with Gasteiger partial charge in [0.2, 0.25) is 5.91 Å². The minimum atomic E-state index is -0.375. The summed E-state index contributed by atoms with van der Waals surface area (Å²) in [7, 11) is 0. The van der Waals surface area contributed by atoms with E-state index in [2.05, 4.69) is 0 Å². The number of nitrogens with zero attached hydrogens (tertiary/aromatic N) is 2. The van der Waals surface area contributed by atoms with Gasteiger partial charge in [-0.3, -0.25) is 19.3 Å². The second-order valence-corrected chi connectivity index (χ2v) is 7.49. The molecule has 1 aromatic heterocycles. The summed E-state index contributed by atoms with van der Waals surface area (Å²) in [5.41, 5.74) is 1.71. The van der Waals surface area contributed by atoms with Crippen LogP contribution >= 0.6 is 11.3 Å². The Balaban J connectivity index is 1.54. The van der Waals surface area contributed by atoms with Crippen LogP contribution in [0, 0.1) is 6.92 Å². The smallest absolute Gasteiger partial charge is 0.262 e. The van der Waals surface area contributed by atoms with Crippen molar-refractivity contribution in [2.24, 2.45) is 0 Å². The molecule has 5 nitrogen and oxygen atoms in total. The van der Waals surface area contributed by atoms with Gasteiger partial charge in [0.05, 0.1) is 17.2 Å². The Morgan fingerprint density at radius 1 is 1.20 bits per heavy atom. The van der Waals surface area contributed by atoms with Crippen LogP contribution in [0.25, 0.3) is 0 Å². The van der Waals surface area contributed by atoms with Gasteiger partial charge in [0, 0.05) is 11.4 Å². The molecule has 1 atom stereocenters. The Morgan fingerprint density at radius 3 is 2.76 bits per heavy atom. The SMILES string of the molecule is Cc1ccc2c(c1)C(=O)N(CC(=O)N1CCCC1c1cccs1)C2=O. The maximum Gasteiger partial charge on any atom is 0.262 e. The highest BCUT2D eigenvalue weighted by Gasteiger charge is 2.39. The largest absolute Gasteiger partial charge is 0.333 e. The molecule has 2 aliphatic heterocycles. The fraction of sp³-hybridized carbons (Fsp3) is 0.316. The lowest BCUT2D eigenvalue weighted by atomic mass is 10.1. The Kier molecular flexibility index (Phi) is 3.92. The van der Waals surface area contributed by atoms with E-state index in [9.17, 15) is 14.4 Å². The van der Waals surface area contributed by atoms with E-state index in [1.165, 1.54) is 0 Å². The summed E-state index contributed by atoms with van der Waals surface area (Å²) in [6, 6.07) is 9.26. The van der Waals surface area contributed by atoms with Gasteiger partial charge in [-0.2, -0.15) is 0 Å². The molecule has 25 heavy (non-hydrogen) atoms. The Morgan fingerprint density at radius 2 is 2.00 bits per heavy atom. The van der Waals surface area contributed by atoms with Gasteiger partial charge >= 0.3 is 0 Å². The van der Waals surface area contributed by atoms with Crippen molar-refractivity contribution >= 4 is 29.1 Å². The molecule has 0 aliphatic carbocycles. The molecule has 1 unspecified atom stereocenters. The van der Waals surface area contributed by atoms with E-state index >= 15 is 0 Å².